The number of Topliss-reactive ketones (excluding diaryl/α,β-unsaturated/α-hetero) is 1. The molecule has 2 aromatic heterocycles. The van der Waals surface area contributed by atoms with Gasteiger partial charge in [-0.1, -0.05) is 35.9 Å². The van der Waals surface area contributed by atoms with Crippen LogP contribution in [0.3, 0.4) is 0 Å². The molecule has 0 saturated heterocycles. The predicted molar refractivity (Wildman–Crippen MR) is 115 cm³/mol. The summed E-state index contributed by atoms with van der Waals surface area (Å²) in [5, 5.41) is 1.35. The Morgan fingerprint density at radius 2 is 1.89 bits per heavy atom. The molecule has 0 aliphatic heterocycles. The Labute approximate surface area is 172 Å². The number of rotatable bonds is 3. The minimum Gasteiger partial charge on any atom is -0.298 e. The van der Waals surface area contributed by atoms with E-state index in [4.69, 9.17) is 4.98 Å². The van der Waals surface area contributed by atoms with Gasteiger partial charge in [0.15, 0.2) is 5.16 Å². The highest BCUT2D eigenvalue weighted by Crippen LogP contribution is 2.37. The van der Waals surface area contributed by atoms with Crippen molar-refractivity contribution in [3.05, 3.63) is 50.6 Å². The summed E-state index contributed by atoms with van der Waals surface area (Å²) < 4.78 is 1.74. The Balaban J connectivity index is 1.71. The third-order valence-corrected chi connectivity index (χ3v) is 8.20. The number of carbonyl (C=O) groups is 1. The van der Waals surface area contributed by atoms with Crippen molar-refractivity contribution in [3.63, 3.8) is 0 Å². The number of hydrogen-bond acceptors (Lipinski definition) is 5. The molecule has 1 saturated carbocycles. The van der Waals surface area contributed by atoms with Gasteiger partial charge in [-0.05, 0) is 56.7 Å². The number of hydrogen-bond donors (Lipinski definition) is 0. The van der Waals surface area contributed by atoms with E-state index in [1.807, 2.05) is 31.2 Å². The summed E-state index contributed by atoms with van der Waals surface area (Å²) in [7, 11) is 0. The van der Waals surface area contributed by atoms with Gasteiger partial charge in [0.05, 0.1) is 16.3 Å². The third kappa shape index (κ3) is 3.03. The highest BCUT2D eigenvalue weighted by molar-refractivity contribution is 8.00. The second-order valence-corrected chi connectivity index (χ2v) is 9.98. The topological polar surface area (TPSA) is 52.0 Å². The SMILES string of the molecule is Cc1ccc(-n2c(SC3CCCCC3=O)nc3sc4c(c3c2=O)CCC4)cc1. The summed E-state index contributed by atoms with van der Waals surface area (Å²) in [5.41, 5.74) is 3.19. The molecule has 28 heavy (non-hydrogen) atoms. The molecule has 1 atom stereocenters. The minimum atomic E-state index is -0.0957. The molecule has 6 heteroatoms. The molecule has 144 valence electrons. The molecule has 0 radical (unpaired) electrons. The Hall–Kier alpha value is -1.92. The normalized spacial score (nSPS) is 19.3. The van der Waals surface area contributed by atoms with E-state index < -0.39 is 0 Å². The molecule has 1 fully saturated rings. The highest BCUT2D eigenvalue weighted by Gasteiger charge is 2.28. The first kappa shape index (κ1) is 18.1. The van der Waals surface area contributed by atoms with E-state index in [1.54, 1.807) is 15.9 Å². The van der Waals surface area contributed by atoms with E-state index in [-0.39, 0.29) is 16.6 Å². The standard InChI is InChI=1S/C22H22N2O2S2/c1-13-9-11-14(12-10-13)24-21(26)19-15-5-4-8-17(15)27-20(19)23-22(24)28-18-7-3-2-6-16(18)25/h9-12,18H,2-8H2,1H3. The van der Waals surface area contributed by atoms with Gasteiger partial charge < -0.3 is 0 Å². The number of carbonyl (C=O) groups excluding carboxylic acids is 1. The van der Waals surface area contributed by atoms with Gasteiger partial charge in [0.25, 0.3) is 5.56 Å². The summed E-state index contributed by atoms with van der Waals surface area (Å²) in [4.78, 5) is 33.1. The van der Waals surface area contributed by atoms with Crippen LogP contribution in [0.1, 0.15) is 48.1 Å². The molecule has 5 rings (SSSR count). The van der Waals surface area contributed by atoms with Crippen molar-refractivity contribution >= 4 is 39.1 Å². The number of thiophene rings is 1. The third-order valence-electron chi connectivity index (χ3n) is 5.75. The fourth-order valence-electron chi connectivity index (χ4n) is 4.23. The van der Waals surface area contributed by atoms with Gasteiger partial charge in [-0.15, -0.1) is 11.3 Å². The van der Waals surface area contributed by atoms with Crippen molar-refractivity contribution in [1.29, 1.82) is 0 Å². The summed E-state index contributed by atoms with van der Waals surface area (Å²) in [5.74, 6) is 0.287. The van der Waals surface area contributed by atoms with Crippen LogP contribution in [0.2, 0.25) is 0 Å². The van der Waals surface area contributed by atoms with Crippen LogP contribution >= 0.6 is 23.1 Å². The summed E-state index contributed by atoms with van der Waals surface area (Å²) in [6, 6.07) is 7.99. The summed E-state index contributed by atoms with van der Waals surface area (Å²) in [6.07, 6.45) is 6.68. The molecule has 1 aromatic carbocycles. The number of thioether (sulfide) groups is 1. The average Bonchev–Trinajstić information content (AvgIpc) is 3.26. The number of ketones is 1. The molecule has 1 unspecified atom stereocenters. The Morgan fingerprint density at radius 1 is 1.07 bits per heavy atom. The fraction of sp³-hybridized carbons (Fsp3) is 0.409. The van der Waals surface area contributed by atoms with Crippen molar-refractivity contribution in [3.8, 4) is 5.69 Å². The lowest BCUT2D eigenvalue weighted by Crippen LogP contribution is -2.26. The molecular weight excluding hydrogens is 388 g/mol. The highest BCUT2D eigenvalue weighted by atomic mass is 32.2. The quantitative estimate of drug-likeness (QED) is 0.579. The fourth-order valence-corrected chi connectivity index (χ4v) is 6.76. The zero-order valence-corrected chi connectivity index (χ0v) is 17.5. The van der Waals surface area contributed by atoms with Crippen LogP contribution in [0, 0.1) is 6.92 Å². The van der Waals surface area contributed by atoms with Crippen LogP contribution in [0.15, 0.2) is 34.2 Å². The first-order valence-electron chi connectivity index (χ1n) is 9.95. The molecule has 3 aromatic rings. The zero-order valence-electron chi connectivity index (χ0n) is 15.9. The summed E-state index contributed by atoms with van der Waals surface area (Å²) in [6.45, 7) is 2.04. The Morgan fingerprint density at radius 3 is 2.68 bits per heavy atom. The van der Waals surface area contributed by atoms with Crippen molar-refractivity contribution in [2.24, 2.45) is 0 Å². The maximum absolute atomic E-state index is 13.6. The lowest BCUT2D eigenvalue weighted by molar-refractivity contribution is -0.119. The number of aromatic nitrogens is 2. The molecule has 2 aliphatic rings. The molecule has 0 amide bonds. The maximum Gasteiger partial charge on any atom is 0.267 e. The van der Waals surface area contributed by atoms with E-state index in [2.05, 4.69) is 0 Å². The number of fused-ring (bicyclic) bond motifs is 3. The van der Waals surface area contributed by atoms with Crippen molar-refractivity contribution in [2.75, 3.05) is 0 Å². The zero-order chi connectivity index (χ0) is 19.3. The first-order valence-corrected chi connectivity index (χ1v) is 11.6. The molecule has 0 N–H and O–H groups in total. The first-order chi connectivity index (χ1) is 13.6. The molecule has 4 nitrogen and oxygen atoms in total. The number of nitrogens with zero attached hydrogens (tertiary/aromatic N) is 2. The van der Waals surface area contributed by atoms with E-state index in [9.17, 15) is 9.59 Å². The second-order valence-electron chi connectivity index (χ2n) is 7.73. The number of benzene rings is 1. The van der Waals surface area contributed by atoms with Gasteiger partial charge in [-0.2, -0.15) is 0 Å². The maximum atomic E-state index is 13.6. The lowest BCUT2D eigenvalue weighted by Gasteiger charge is -2.21. The lowest BCUT2D eigenvalue weighted by atomic mass is 9.99. The van der Waals surface area contributed by atoms with Gasteiger partial charge in [0, 0.05) is 11.3 Å². The van der Waals surface area contributed by atoms with Gasteiger partial charge >= 0.3 is 0 Å². The van der Waals surface area contributed by atoms with Crippen LogP contribution in [-0.2, 0) is 17.6 Å². The van der Waals surface area contributed by atoms with E-state index in [1.165, 1.54) is 22.2 Å². The molecular formula is C22H22N2O2S2. The molecule has 2 aliphatic carbocycles. The van der Waals surface area contributed by atoms with Gasteiger partial charge in [-0.3, -0.25) is 14.2 Å². The van der Waals surface area contributed by atoms with Crippen molar-refractivity contribution in [1.82, 2.24) is 9.55 Å². The smallest absolute Gasteiger partial charge is 0.267 e. The monoisotopic (exact) mass is 410 g/mol. The van der Waals surface area contributed by atoms with Crippen LogP contribution in [-0.4, -0.2) is 20.6 Å². The van der Waals surface area contributed by atoms with Crippen LogP contribution < -0.4 is 5.56 Å². The number of aryl methyl sites for hydroxylation is 3. The van der Waals surface area contributed by atoms with Crippen LogP contribution in [0.4, 0.5) is 0 Å². The van der Waals surface area contributed by atoms with E-state index in [0.717, 1.165) is 60.0 Å². The second kappa shape index (κ2) is 7.16. The van der Waals surface area contributed by atoms with Gasteiger partial charge in [0.2, 0.25) is 0 Å². The van der Waals surface area contributed by atoms with Crippen LogP contribution in [0.5, 0.6) is 0 Å². The molecule has 2 heterocycles. The van der Waals surface area contributed by atoms with Crippen molar-refractivity contribution < 1.29 is 4.79 Å². The largest absolute Gasteiger partial charge is 0.298 e. The van der Waals surface area contributed by atoms with Crippen LogP contribution in [0.25, 0.3) is 15.9 Å². The van der Waals surface area contributed by atoms with Gasteiger partial charge in [0.1, 0.15) is 10.6 Å². The predicted octanol–water partition coefficient (Wildman–Crippen LogP) is 4.85. The van der Waals surface area contributed by atoms with E-state index in [0.29, 0.717) is 11.6 Å². The Kier molecular flexibility index (Phi) is 4.63. The van der Waals surface area contributed by atoms with Crippen molar-refractivity contribution in [2.45, 2.75) is 62.3 Å². The Bertz CT molecular complexity index is 1130. The molecule has 0 spiro atoms. The molecule has 0 bridgehead atoms. The minimum absolute atomic E-state index is 0.0130. The van der Waals surface area contributed by atoms with Gasteiger partial charge in [-0.25, -0.2) is 4.98 Å². The van der Waals surface area contributed by atoms with E-state index >= 15 is 0 Å². The average molecular weight is 411 g/mol. The summed E-state index contributed by atoms with van der Waals surface area (Å²) >= 11 is 3.14.